The SMILES string of the molecule is CCOC(=O)c1cnn2ccc(N3CCO[C@H](CO)C3)nc12. The van der Waals surface area contributed by atoms with Gasteiger partial charge in [-0.1, -0.05) is 0 Å². The summed E-state index contributed by atoms with van der Waals surface area (Å²) in [4.78, 5) is 18.5. The molecule has 0 amide bonds. The first kappa shape index (κ1) is 14.7. The van der Waals surface area contributed by atoms with E-state index in [1.54, 1.807) is 17.6 Å². The van der Waals surface area contributed by atoms with Gasteiger partial charge in [-0.15, -0.1) is 0 Å². The Morgan fingerprint density at radius 3 is 3.23 bits per heavy atom. The van der Waals surface area contributed by atoms with Crippen molar-refractivity contribution in [3.63, 3.8) is 0 Å². The molecule has 1 aliphatic rings. The summed E-state index contributed by atoms with van der Waals surface area (Å²) >= 11 is 0. The van der Waals surface area contributed by atoms with E-state index in [2.05, 4.69) is 10.1 Å². The number of carbonyl (C=O) groups excluding carboxylic acids is 1. The summed E-state index contributed by atoms with van der Waals surface area (Å²) in [6, 6.07) is 1.83. The number of nitrogens with zero attached hydrogens (tertiary/aromatic N) is 4. The van der Waals surface area contributed by atoms with Gasteiger partial charge in [-0.05, 0) is 13.0 Å². The third-order valence-electron chi connectivity index (χ3n) is 3.52. The zero-order valence-electron chi connectivity index (χ0n) is 12.3. The minimum atomic E-state index is -0.433. The van der Waals surface area contributed by atoms with E-state index in [9.17, 15) is 9.90 Å². The van der Waals surface area contributed by atoms with Gasteiger partial charge in [0.15, 0.2) is 5.65 Å². The number of ether oxygens (including phenoxy) is 2. The molecule has 0 bridgehead atoms. The molecule has 1 N–H and O–H groups in total. The minimum Gasteiger partial charge on any atom is -0.462 e. The van der Waals surface area contributed by atoms with Gasteiger partial charge in [-0.2, -0.15) is 5.10 Å². The third-order valence-corrected chi connectivity index (χ3v) is 3.52. The zero-order chi connectivity index (χ0) is 15.5. The highest BCUT2D eigenvalue weighted by Crippen LogP contribution is 2.18. The largest absolute Gasteiger partial charge is 0.462 e. The number of aromatic nitrogens is 3. The van der Waals surface area contributed by atoms with Crippen molar-refractivity contribution >= 4 is 17.4 Å². The van der Waals surface area contributed by atoms with Crippen molar-refractivity contribution in [3.8, 4) is 0 Å². The lowest BCUT2D eigenvalue weighted by Gasteiger charge is -2.32. The van der Waals surface area contributed by atoms with E-state index in [0.717, 1.165) is 5.82 Å². The predicted octanol–water partition coefficient (Wildman–Crippen LogP) is 0.103. The molecule has 0 spiro atoms. The van der Waals surface area contributed by atoms with Crippen molar-refractivity contribution in [1.29, 1.82) is 0 Å². The topological polar surface area (TPSA) is 89.2 Å². The van der Waals surface area contributed by atoms with E-state index in [4.69, 9.17) is 9.47 Å². The predicted molar refractivity (Wildman–Crippen MR) is 78.0 cm³/mol. The number of hydrogen-bond acceptors (Lipinski definition) is 7. The van der Waals surface area contributed by atoms with Gasteiger partial charge in [0.1, 0.15) is 11.4 Å². The molecule has 0 aromatic carbocycles. The van der Waals surface area contributed by atoms with E-state index in [-0.39, 0.29) is 12.7 Å². The molecule has 8 nitrogen and oxygen atoms in total. The first-order valence-corrected chi connectivity index (χ1v) is 7.22. The molecule has 1 fully saturated rings. The molecule has 22 heavy (non-hydrogen) atoms. The van der Waals surface area contributed by atoms with Gasteiger partial charge in [0.05, 0.1) is 32.1 Å². The minimum absolute atomic E-state index is 0.0283. The smallest absolute Gasteiger partial charge is 0.343 e. The summed E-state index contributed by atoms with van der Waals surface area (Å²) in [5, 5.41) is 13.3. The number of hydrogen-bond donors (Lipinski definition) is 1. The van der Waals surface area contributed by atoms with Gasteiger partial charge < -0.3 is 19.5 Å². The monoisotopic (exact) mass is 306 g/mol. The lowest BCUT2D eigenvalue weighted by molar-refractivity contribution is 0.00337. The third kappa shape index (κ3) is 2.75. The van der Waals surface area contributed by atoms with Crippen LogP contribution in [0.5, 0.6) is 0 Å². The van der Waals surface area contributed by atoms with Crippen LogP contribution >= 0.6 is 0 Å². The number of carbonyl (C=O) groups is 1. The highest BCUT2D eigenvalue weighted by Gasteiger charge is 2.22. The molecule has 0 aliphatic carbocycles. The summed E-state index contributed by atoms with van der Waals surface area (Å²) < 4.78 is 12.0. The van der Waals surface area contributed by atoms with Crippen molar-refractivity contribution in [3.05, 3.63) is 24.0 Å². The summed E-state index contributed by atoms with van der Waals surface area (Å²) in [6.07, 6.45) is 2.99. The molecule has 1 aliphatic heterocycles. The van der Waals surface area contributed by atoms with Crippen LogP contribution < -0.4 is 4.90 Å². The summed E-state index contributed by atoms with van der Waals surface area (Å²) in [6.45, 7) is 3.80. The van der Waals surface area contributed by atoms with Crippen LogP contribution in [0.15, 0.2) is 18.5 Å². The van der Waals surface area contributed by atoms with Gasteiger partial charge in [0.25, 0.3) is 0 Å². The highest BCUT2D eigenvalue weighted by molar-refractivity contribution is 5.95. The molecule has 2 aromatic heterocycles. The van der Waals surface area contributed by atoms with Crippen LogP contribution in [-0.4, -0.2) is 64.7 Å². The van der Waals surface area contributed by atoms with Crippen LogP contribution in [0.2, 0.25) is 0 Å². The Morgan fingerprint density at radius 2 is 2.45 bits per heavy atom. The van der Waals surface area contributed by atoms with Crippen LogP contribution in [-0.2, 0) is 9.47 Å². The van der Waals surface area contributed by atoms with Crippen LogP contribution in [0.1, 0.15) is 17.3 Å². The van der Waals surface area contributed by atoms with E-state index in [0.29, 0.717) is 37.5 Å². The lowest BCUT2D eigenvalue weighted by Crippen LogP contribution is -2.44. The molecule has 0 unspecified atom stereocenters. The Morgan fingerprint density at radius 1 is 1.59 bits per heavy atom. The van der Waals surface area contributed by atoms with Crippen LogP contribution in [0.3, 0.4) is 0 Å². The number of aliphatic hydroxyl groups is 1. The molecule has 0 radical (unpaired) electrons. The zero-order valence-corrected chi connectivity index (χ0v) is 12.3. The molecular formula is C14H18N4O4. The van der Waals surface area contributed by atoms with Crippen molar-refractivity contribution in [2.24, 2.45) is 0 Å². The van der Waals surface area contributed by atoms with Crippen molar-refractivity contribution in [2.75, 3.05) is 37.8 Å². The first-order chi connectivity index (χ1) is 10.7. The fraction of sp³-hybridized carbons (Fsp3) is 0.500. The maximum Gasteiger partial charge on any atom is 0.343 e. The van der Waals surface area contributed by atoms with E-state index in [1.165, 1.54) is 6.20 Å². The number of aliphatic hydroxyl groups excluding tert-OH is 1. The quantitative estimate of drug-likeness (QED) is 0.801. The fourth-order valence-electron chi connectivity index (χ4n) is 2.43. The molecule has 8 heteroatoms. The summed E-state index contributed by atoms with van der Waals surface area (Å²) in [5.74, 6) is 0.290. The van der Waals surface area contributed by atoms with Crippen molar-refractivity contribution in [2.45, 2.75) is 13.0 Å². The second-order valence-electron chi connectivity index (χ2n) is 4.95. The summed E-state index contributed by atoms with van der Waals surface area (Å²) in [5.41, 5.74) is 0.804. The van der Waals surface area contributed by atoms with Crippen LogP contribution in [0.25, 0.3) is 5.65 Å². The maximum absolute atomic E-state index is 11.9. The maximum atomic E-state index is 11.9. The average Bonchev–Trinajstić information content (AvgIpc) is 2.98. The molecule has 1 atom stereocenters. The van der Waals surface area contributed by atoms with E-state index in [1.807, 2.05) is 11.0 Å². The highest BCUT2D eigenvalue weighted by atomic mass is 16.5. The Labute approximate surface area is 127 Å². The van der Waals surface area contributed by atoms with Gasteiger partial charge in [0, 0.05) is 19.3 Å². The van der Waals surface area contributed by atoms with E-state index < -0.39 is 5.97 Å². The lowest BCUT2D eigenvalue weighted by atomic mass is 10.3. The van der Waals surface area contributed by atoms with Gasteiger partial charge in [0.2, 0.25) is 0 Å². The number of rotatable bonds is 4. The fourth-order valence-corrected chi connectivity index (χ4v) is 2.43. The summed E-state index contributed by atoms with van der Waals surface area (Å²) in [7, 11) is 0. The second kappa shape index (κ2) is 6.29. The molecule has 3 rings (SSSR count). The number of esters is 1. The Hall–Kier alpha value is -2.19. The van der Waals surface area contributed by atoms with Crippen molar-refractivity contribution in [1.82, 2.24) is 14.6 Å². The number of fused-ring (bicyclic) bond motifs is 1. The number of morpholine rings is 1. The standard InChI is InChI=1S/C14H18N4O4/c1-2-21-14(20)11-7-15-18-4-3-12(16-13(11)18)17-5-6-22-10(8-17)9-19/h3-4,7,10,19H,2,5-6,8-9H2,1H3/t10-/m0/s1. The van der Waals surface area contributed by atoms with Gasteiger partial charge in [-0.3, -0.25) is 0 Å². The second-order valence-corrected chi connectivity index (χ2v) is 4.95. The van der Waals surface area contributed by atoms with Crippen LogP contribution in [0, 0.1) is 0 Å². The van der Waals surface area contributed by atoms with Crippen molar-refractivity contribution < 1.29 is 19.4 Å². The van der Waals surface area contributed by atoms with Gasteiger partial charge >= 0.3 is 5.97 Å². The molecule has 2 aromatic rings. The molecule has 1 saturated heterocycles. The Balaban J connectivity index is 1.91. The van der Waals surface area contributed by atoms with Crippen LogP contribution in [0.4, 0.5) is 5.82 Å². The Bertz CT molecular complexity index is 672. The normalized spacial score (nSPS) is 18.6. The number of anilines is 1. The first-order valence-electron chi connectivity index (χ1n) is 7.22. The molecule has 0 saturated carbocycles. The van der Waals surface area contributed by atoms with Gasteiger partial charge in [-0.25, -0.2) is 14.3 Å². The average molecular weight is 306 g/mol. The molecule has 118 valence electrons. The molecule has 3 heterocycles. The Kier molecular flexibility index (Phi) is 4.21. The van der Waals surface area contributed by atoms with E-state index >= 15 is 0 Å². The molecular weight excluding hydrogens is 288 g/mol.